The van der Waals surface area contributed by atoms with E-state index in [-0.39, 0.29) is 48.6 Å². The van der Waals surface area contributed by atoms with Crippen molar-refractivity contribution < 1.29 is 38.4 Å². The van der Waals surface area contributed by atoms with Crippen LogP contribution in [0, 0.1) is 0 Å². The number of esters is 1. The minimum Gasteiger partial charge on any atom is -0.469 e. The predicted molar refractivity (Wildman–Crippen MR) is 118 cm³/mol. The zero-order valence-electron chi connectivity index (χ0n) is 17.3. The van der Waals surface area contributed by atoms with Gasteiger partial charge in [0.1, 0.15) is 36.3 Å². The molecule has 4 heterocycles. The summed E-state index contributed by atoms with van der Waals surface area (Å²) >= 11 is 8.38. The summed E-state index contributed by atoms with van der Waals surface area (Å²) < 4.78 is 30.1. The molecule has 2 unspecified atom stereocenters. The van der Waals surface area contributed by atoms with Gasteiger partial charge in [-0.25, -0.2) is 0 Å². The number of aliphatic hydroxyl groups is 1. The summed E-state index contributed by atoms with van der Waals surface area (Å²) in [5, 5.41) is 10.7. The van der Waals surface area contributed by atoms with E-state index in [1.54, 1.807) is 0 Å². The largest absolute Gasteiger partial charge is 0.469 e. The molecule has 4 aliphatic heterocycles. The van der Waals surface area contributed by atoms with Gasteiger partial charge in [-0.3, -0.25) is 9.59 Å². The van der Waals surface area contributed by atoms with Crippen molar-refractivity contribution in [1.29, 1.82) is 0 Å². The second-order valence-corrected chi connectivity index (χ2v) is 10.9. The molecular weight excluding hydrogens is 543 g/mol. The van der Waals surface area contributed by atoms with Crippen LogP contribution < -0.4 is 0 Å². The van der Waals surface area contributed by atoms with Gasteiger partial charge in [-0.15, -0.1) is 11.6 Å². The standard InChI is InChI=1S/C21H28ClIO8/c1-10(23)7-11(22)3-4-12(24)9-21-20(26)19-18(31-21)17(30-21)16-14(29-19)6-5-13(28-16)8-15(25)27-2/h11,13-14,16-20,26H,1,3-9H2,2H3/t11-,13-,14+,16?,17+,18+,19?,20-,21+/m1/s1. The van der Waals surface area contributed by atoms with E-state index in [0.717, 1.165) is 3.58 Å². The Bertz CT molecular complexity index is 734. The molecule has 0 amide bonds. The molecule has 174 valence electrons. The first-order valence-corrected chi connectivity index (χ1v) is 12.1. The number of hydrogen-bond donors (Lipinski definition) is 1. The Kier molecular flexibility index (Phi) is 7.32. The van der Waals surface area contributed by atoms with Gasteiger partial charge in [-0.1, -0.05) is 6.58 Å². The van der Waals surface area contributed by atoms with Gasteiger partial charge in [0.05, 0.1) is 32.2 Å². The Labute approximate surface area is 200 Å². The fourth-order valence-electron chi connectivity index (χ4n) is 5.01. The van der Waals surface area contributed by atoms with E-state index in [1.165, 1.54) is 7.11 Å². The average molecular weight is 571 g/mol. The quantitative estimate of drug-likeness (QED) is 0.256. The van der Waals surface area contributed by atoms with E-state index in [0.29, 0.717) is 25.7 Å². The van der Waals surface area contributed by atoms with Crippen LogP contribution >= 0.6 is 34.2 Å². The monoisotopic (exact) mass is 570 g/mol. The molecule has 0 aromatic carbocycles. The summed E-state index contributed by atoms with van der Waals surface area (Å²) in [6.07, 6.45) is -0.659. The minimum atomic E-state index is -1.42. The van der Waals surface area contributed by atoms with Crippen molar-refractivity contribution in [3.05, 3.63) is 10.2 Å². The molecule has 4 rings (SSSR count). The van der Waals surface area contributed by atoms with Crippen LogP contribution in [0.1, 0.15) is 44.9 Å². The van der Waals surface area contributed by atoms with Crippen molar-refractivity contribution in [2.45, 2.75) is 98.8 Å². The molecular formula is C21H28ClIO8. The molecule has 4 saturated heterocycles. The zero-order valence-corrected chi connectivity index (χ0v) is 20.2. The highest BCUT2D eigenvalue weighted by molar-refractivity contribution is 14.1. The predicted octanol–water partition coefficient (Wildman–Crippen LogP) is 2.40. The van der Waals surface area contributed by atoms with Crippen molar-refractivity contribution in [2.24, 2.45) is 0 Å². The van der Waals surface area contributed by atoms with E-state index in [9.17, 15) is 14.7 Å². The van der Waals surface area contributed by atoms with Crippen molar-refractivity contribution in [3.8, 4) is 0 Å². The molecule has 4 fully saturated rings. The fraction of sp³-hybridized carbons (Fsp3) is 0.810. The second-order valence-electron chi connectivity index (χ2n) is 8.71. The summed E-state index contributed by atoms with van der Waals surface area (Å²) in [7, 11) is 1.35. The van der Waals surface area contributed by atoms with Crippen molar-refractivity contribution >= 4 is 45.9 Å². The molecule has 0 spiro atoms. The third-order valence-corrected chi connectivity index (χ3v) is 7.28. The third-order valence-electron chi connectivity index (χ3n) is 6.47. The lowest BCUT2D eigenvalue weighted by atomic mass is 9.84. The molecule has 0 saturated carbocycles. The summed E-state index contributed by atoms with van der Waals surface area (Å²) in [5.41, 5.74) is 0. The fourth-order valence-corrected chi connectivity index (χ4v) is 6.10. The summed E-state index contributed by atoms with van der Waals surface area (Å²) in [6, 6.07) is 0. The van der Waals surface area contributed by atoms with Crippen LogP contribution in [0.25, 0.3) is 0 Å². The highest BCUT2D eigenvalue weighted by Gasteiger charge is 2.71. The number of allylic oxidation sites excluding steroid dienone is 1. The maximum absolute atomic E-state index is 12.6. The first kappa shape index (κ1) is 23.8. The van der Waals surface area contributed by atoms with E-state index >= 15 is 0 Å². The van der Waals surface area contributed by atoms with Crippen molar-refractivity contribution in [1.82, 2.24) is 0 Å². The summed E-state index contributed by atoms with van der Waals surface area (Å²) in [5.74, 6) is -1.84. The number of alkyl halides is 1. The number of rotatable bonds is 9. The highest BCUT2D eigenvalue weighted by atomic mass is 127. The molecule has 0 aliphatic carbocycles. The lowest BCUT2D eigenvalue weighted by Crippen LogP contribution is -2.65. The summed E-state index contributed by atoms with van der Waals surface area (Å²) in [6.45, 7) is 3.83. The topological polar surface area (TPSA) is 101 Å². The van der Waals surface area contributed by atoms with Crippen LogP contribution in [0.4, 0.5) is 0 Å². The van der Waals surface area contributed by atoms with E-state index in [1.807, 2.05) is 0 Å². The Balaban J connectivity index is 1.38. The second kappa shape index (κ2) is 9.52. The number of aliphatic hydroxyl groups excluding tert-OH is 1. The van der Waals surface area contributed by atoms with Crippen molar-refractivity contribution in [3.63, 3.8) is 0 Å². The third kappa shape index (κ3) is 4.83. The van der Waals surface area contributed by atoms with Gasteiger partial charge in [-0.05, 0) is 51.9 Å². The Morgan fingerprint density at radius 1 is 1.23 bits per heavy atom. The Morgan fingerprint density at radius 2 is 1.94 bits per heavy atom. The Morgan fingerprint density at radius 3 is 2.61 bits per heavy atom. The number of ether oxygens (including phenoxy) is 5. The van der Waals surface area contributed by atoms with E-state index in [4.69, 9.17) is 35.3 Å². The molecule has 10 heteroatoms. The van der Waals surface area contributed by atoms with Gasteiger partial charge in [-0.2, -0.15) is 0 Å². The number of fused-ring (bicyclic) bond motifs is 3. The normalized spacial score (nSPS) is 41.5. The molecule has 9 atom stereocenters. The smallest absolute Gasteiger partial charge is 0.308 e. The molecule has 31 heavy (non-hydrogen) atoms. The molecule has 2 bridgehead atoms. The SMILES string of the molecule is C=C(I)C[C@H](Cl)CCC(=O)C[C@@]12O[C@@H]3C(O[C@H]4CC[C@H](CC(=O)OC)OC4[C@@H]3O1)[C@H]2O. The number of carbonyl (C=O) groups excluding carboxylic acids is 2. The van der Waals surface area contributed by atoms with E-state index < -0.39 is 36.3 Å². The number of hydrogen-bond acceptors (Lipinski definition) is 8. The number of methoxy groups -OCH3 is 1. The highest BCUT2D eigenvalue weighted by Crippen LogP contribution is 2.52. The Hall–Kier alpha value is -0.300. The van der Waals surface area contributed by atoms with Gasteiger partial charge in [0.15, 0.2) is 0 Å². The lowest BCUT2D eigenvalue weighted by molar-refractivity contribution is -0.298. The molecule has 1 N–H and O–H groups in total. The number of carbonyl (C=O) groups is 2. The number of Topliss-reactive ketones (excluding diaryl/α,β-unsaturated/α-hetero) is 1. The van der Waals surface area contributed by atoms with Crippen LogP contribution in [0.3, 0.4) is 0 Å². The maximum atomic E-state index is 12.6. The van der Waals surface area contributed by atoms with Gasteiger partial charge in [0, 0.05) is 11.8 Å². The van der Waals surface area contributed by atoms with Gasteiger partial charge in [0.2, 0.25) is 5.79 Å². The van der Waals surface area contributed by atoms with Crippen LogP contribution in [-0.4, -0.2) is 77.9 Å². The van der Waals surface area contributed by atoms with Crippen LogP contribution in [-0.2, 0) is 33.3 Å². The van der Waals surface area contributed by atoms with Crippen LogP contribution in [0.15, 0.2) is 10.2 Å². The first-order valence-electron chi connectivity index (χ1n) is 10.6. The van der Waals surface area contributed by atoms with Gasteiger partial charge >= 0.3 is 5.97 Å². The molecule has 8 nitrogen and oxygen atoms in total. The van der Waals surface area contributed by atoms with Gasteiger partial charge < -0.3 is 28.8 Å². The van der Waals surface area contributed by atoms with Crippen LogP contribution in [0.5, 0.6) is 0 Å². The first-order chi connectivity index (χ1) is 14.7. The lowest BCUT2D eigenvalue weighted by Gasteiger charge is -2.49. The van der Waals surface area contributed by atoms with Gasteiger partial charge in [0.25, 0.3) is 0 Å². The summed E-state index contributed by atoms with van der Waals surface area (Å²) in [4.78, 5) is 24.3. The van der Waals surface area contributed by atoms with E-state index in [2.05, 4.69) is 29.2 Å². The average Bonchev–Trinajstić information content (AvgIpc) is 3.22. The molecule has 0 aromatic heterocycles. The molecule has 4 aliphatic rings. The minimum absolute atomic E-state index is 0.0706. The molecule has 0 radical (unpaired) electrons. The maximum Gasteiger partial charge on any atom is 0.308 e. The van der Waals surface area contributed by atoms with Crippen LogP contribution in [0.2, 0.25) is 0 Å². The zero-order chi connectivity index (χ0) is 22.3. The number of halogens is 2. The molecule has 0 aromatic rings. The number of ketones is 1. The van der Waals surface area contributed by atoms with Crippen molar-refractivity contribution in [2.75, 3.05) is 7.11 Å².